The lowest BCUT2D eigenvalue weighted by Crippen LogP contribution is -2.28. The summed E-state index contributed by atoms with van der Waals surface area (Å²) < 4.78 is 10.1. The number of benzene rings is 2. The number of hydrogen-bond acceptors (Lipinski definition) is 5. The minimum atomic E-state index is -0.810. The van der Waals surface area contributed by atoms with Gasteiger partial charge in [0, 0.05) is 18.7 Å². The van der Waals surface area contributed by atoms with Crippen LogP contribution in [0.15, 0.2) is 60.3 Å². The molecule has 0 bridgehead atoms. The van der Waals surface area contributed by atoms with E-state index in [-0.39, 0.29) is 5.70 Å². The van der Waals surface area contributed by atoms with Gasteiger partial charge in [0.2, 0.25) is 5.91 Å². The molecule has 7 nitrogen and oxygen atoms in total. The Kier molecular flexibility index (Phi) is 7.13. The molecule has 0 atom stereocenters. The fraction of sp³-hybridized carbons (Fsp3) is 0.150. The Morgan fingerprint density at radius 1 is 1.04 bits per heavy atom. The Balaban J connectivity index is 1.99. The minimum absolute atomic E-state index is 0.0529. The monoisotopic (exact) mass is 368 g/mol. The van der Waals surface area contributed by atoms with Crippen LogP contribution < -0.4 is 15.4 Å². The van der Waals surface area contributed by atoms with Crippen molar-refractivity contribution in [1.29, 1.82) is 0 Å². The number of rotatable bonds is 7. The van der Waals surface area contributed by atoms with E-state index < -0.39 is 24.4 Å². The number of carbonyl (C=O) groups is 3. The summed E-state index contributed by atoms with van der Waals surface area (Å²) in [5.41, 5.74) is 1.17. The number of amides is 2. The van der Waals surface area contributed by atoms with Crippen molar-refractivity contribution in [3.63, 3.8) is 0 Å². The van der Waals surface area contributed by atoms with E-state index in [4.69, 9.17) is 9.47 Å². The quantitative estimate of drug-likeness (QED) is 0.578. The molecule has 7 heteroatoms. The summed E-state index contributed by atoms with van der Waals surface area (Å²) in [5.74, 6) is -1.16. The van der Waals surface area contributed by atoms with Crippen molar-refractivity contribution in [3.8, 4) is 5.75 Å². The Morgan fingerprint density at radius 2 is 1.78 bits per heavy atom. The summed E-state index contributed by atoms with van der Waals surface area (Å²) in [5, 5.41) is 5.01. The Labute approximate surface area is 157 Å². The second kappa shape index (κ2) is 9.76. The SMILES string of the molecule is COc1cccc(NC(=O)COC(=O)/C(=C/c2ccccc2)NC(C)=O)c1. The molecule has 2 aromatic carbocycles. The molecule has 2 rings (SSSR count). The minimum Gasteiger partial charge on any atom is -0.497 e. The normalized spacial score (nSPS) is 10.7. The van der Waals surface area contributed by atoms with E-state index in [0.717, 1.165) is 0 Å². The largest absolute Gasteiger partial charge is 0.497 e. The highest BCUT2D eigenvalue weighted by molar-refractivity contribution is 5.99. The van der Waals surface area contributed by atoms with Gasteiger partial charge in [0.05, 0.1) is 7.11 Å². The lowest BCUT2D eigenvalue weighted by atomic mass is 10.2. The molecule has 2 N–H and O–H groups in total. The molecule has 0 heterocycles. The van der Waals surface area contributed by atoms with Crippen LogP contribution in [-0.4, -0.2) is 31.5 Å². The van der Waals surface area contributed by atoms with E-state index in [1.54, 1.807) is 48.5 Å². The molecule has 0 aromatic heterocycles. The highest BCUT2D eigenvalue weighted by Gasteiger charge is 2.15. The summed E-state index contributed by atoms with van der Waals surface area (Å²) in [4.78, 5) is 35.6. The lowest BCUT2D eigenvalue weighted by Gasteiger charge is -2.10. The van der Waals surface area contributed by atoms with Crippen molar-refractivity contribution in [3.05, 3.63) is 65.9 Å². The van der Waals surface area contributed by atoms with Crippen LogP contribution >= 0.6 is 0 Å². The molecule has 0 fully saturated rings. The average molecular weight is 368 g/mol. The maximum Gasteiger partial charge on any atom is 0.355 e. The van der Waals surface area contributed by atoms with Crippen molar-refractivity contribution in [2.45, 2.75) is 6.92 Å². The number of methoxy groups -OCH3 is 1. The van der Waals surface area contributed by atoms with Gasteiger partial charge in [-0.05, 0) is 23.8 Å². The second-order valence-corrected chi connectivity index (χ2v) is 5.51. The van der Waals surface area contributed by atoms with Crippen molar-refractivity contribution in [2.75, 3.05) is 19.0 Å². The molecular formula is C20H20N2O5. The maximum atomic E-state index is 12.2. The van der Waals surface area contributed by atoms with E-state index in [2.05, 4.69) is 10.6 Å². The highest BCUT2D eigenvalue weighted by atomic mass is 16.5. The lowest BCUT2D eigenvalue weighted by molar-refractivity contribution is -0.144. The van der Waals surface area contributed by atoms with Crippen LogP contribution in [0.5, 0.6) is 5.75 Å². The molecule has 0 aliphatic carbocycles. The maximum absolute atomic E-state index is 12.2. The van der Waals surface area contributed by atoms with E-state index in [1.807, 2.05) is 6.07 Å². The van der Waals surface area contributed by atoms with Crippen LogP contribution in [0, 0.1) is 0 Å². The van der Waals surface area contributed by atoms with Gasteiger partial charge in [-0.25, -0.2) is 4.79 Å². The van der Waals surface area contributed by atoms with Crippen molar-refractivity contribution in [1.82, 2.24) is 5.32 Å². The van der Waals surface area contributed by atoms with Gasteiger partial charge in [0.1, 0.15) is 11.4 Å². The van der Waals surface area contributed by atoms with Gasteiger partial charge >= 0.3 is 5.97 Å². The number of esters is 1. The van der Waals surface area contributed by atoms with E-state index in [9.17, 15) is 14.4 Å². The van der Waals surface area contributed by atoms with Gasteiger partial charge in [-0.1, -0.05) is 36.4 Å². The van der Waals surface area contributed by atoms with Gasteiger partial charge in [-0.2, -0.15) is 0 Å². The summed E-state index contributed by atoms with van der Waals surface area (Å²) >= 11 is 0. The number of nitrogens with one attached hydrogen (secondary N) is 2. The van der Waals surface area contributed by atoms with Gasteiger partial charge in [0.25, 0.3) is 5.91 Å². The molecule has 0 saturated carbocycles. The molecular weight excluding hydrogens is 348 g/mol. The first-order chi connectivity index (χ1) is 13.0. The van der Waals surface area contributed by atoms with Crippen molar-refractivity contribution < 1.29 is 23.9 Å². The number of ether oxygens (including phenoxy) is 2. The number of hydrogen-bond donors (Lipinski definition) is 2. The van der Waals surface area contributed by atoms with Gasteiger partial charge in [-0.3, -0.25) is 9.59 Å². The summed E-state index contributed by atoms with van der Waals surface area (Å²) in [6.45, 7) is 0.781. The summed E-state index contributed by atoms with van der Waals surface area (Å²) in [6.07, 6.45) is 1.48. The van der Waals surface area contributed by atoms with Crippen LogP contribution in [-0.2, 0) is 19.1 Å². The molecule has 0 aliphatic rings. The van der Waals surface area contributed by atoms with Crippen molar-refractivity contribution >= 4 is 29.5 Å². The first-order valence-corrected chi connectivity index (χ1v) is 8.13. The second-order valence-electron chi connectivity index (χ2n) is 5.51. The zero-order valence-corrected chi connectivity index (χ0v) is 15.0. The van der Waals surface area contributed by atoms with Gasteiger partial charge in [0.15, 0.2) is 6.61 Å². The molecule has 0 spiro atoms. The van der Waals surface area contributed by atoms with Gasteiger partial charge in [-0.15, -0.1) is 0 Å². The molecule has 2 amide bonds. The van der Waals surface area contributed by atoms with Crippen LogP contribution in [0.2, 0.25) is 0 Å². The van der Waals surface area contributed by atoms with Crippen LogP contribution in [0.4, 0.5) is 5.69 Å². The molecule has 0 aliphatic heterocycles. The fourth-order valence-electron chi connectivity index (χ4n) is 2.16. The predicted molar refractivity (Wildman–Crippen MR) is 101 cm³/mol. The molecule has 27 heavy (non-hydrogen) atoms. The standard InChI is InChI=1S/C20H20N2O5/c1-14(23)21-18(11-15-7-4-3-5-8-15)20(25)27-13-19(24)22-16-9-6-10-17(12-16)26-2/h3-12H,13H2,1-2H3,(H,21,23)(H,22,24)/b18-11-. The van der Waals surface area contributed by atoms with Crippen LogP contribution in [0.25, 0.3) is 6.08 Å². The molecule has 0 unspecified atom stereocenters. The highest BCUT2D eigenvalue weighted by Crippen LogP contribution is 2.16. The fourth-order valence-corrected chi connectivity index (χ4v) is 2.16. The number of carbonyl (C=O) groups excluding carboxylic acids is 3. The Morgan fingerprint density at radius 3 is 2.44 bits per heavy atom. The van der Waals surface area contributed by atoms with Gasteiger partial charge < -0.3 is 20.1 Å². The summed E-state index contributed by atoms with van der Waals surface area (Å²) in [7, 11) is 1.52. The van der Waals surface area contributed by atoms with Crippen LogP contribution in [0.1, 0.15) is 12.5 Å². The van der Waals surface area contributed by atoms with Crippen LogP contribution in [0.3, 0.4) is 0 Å². The topological polar surface area (TPSA) is 93.7 Å². The first-order valence-electron chi connectivity index (χ1n) is 8.13. The average Bonchev–Trinajstić information content (AvgIpc) is 2.66. The smallest absolute Gasteiger partial charge is 0.355 e. The predicted octanol–water partition coefficient (Wildman–Crippen LogP) is 2.35. The number of anilines is 1. The van der Waals surface area contributed by atoms with Crippen molar-refractivity contribution in [2.24, 2.45) is 0 Å². The third-order valence-corrected chi connectivity index (χ3v) is 3.33. The molecule has 2 aromatic rings. The zero-order valence-electron chi connectivity index (χ0n) is 15.0. The summed E-state index contributed by atoms with van der Waals surface area (Å²) in [6, 6.07) is 15.7. The Bertz CT molecular complexity index is 846. The third-order valence-electron chi connectivity index (χ3n) is 3.33. The first kappa shape index (κ1) is 19.7. The van der Waals surface area contributed by atoms with E-state index in [0.29, 0.717) is 17.0 Å². The Hall–Kier alpha value is -3.61. The molecule has 0 radical (unpaired) electrons. The third kappa shape index (κ3) is 6.66. The zero-order chi connectivity index (χ0) is 19.6. The van der Waals surface area contributed by atoms with E-state index >= 15 is 0 Å². The molecule has 0 saturated heterocycles. The molecule has 140 valence electrons. The van der Waals surface area contributed by atoms with E-state index in [1.165, 1.54) is 20.1 Å².